The Hall–Kier alpha value is -0.220. The molecular formula is C11H22N2OS. The number of nitrogens with one attached hydrogen (secondary N) is 1. The van der Waals surface area contributed by atoms with Gasteiger partial charge in [0.15, 0.2) is 5.17 Å². The highest BCUT2D eigenvalue weighted by atomic mass is 32.2. The first-order valence-corrected chi connectivity index (χ1v) is 6.53. The molecule has 1 aliphatic heterocycles. The lowest BCUT2D eigenvalue weighted by Crippen LogP contribution is -2.37. The molecule has 0 amide bonds. The fourth-order valence-corrected chi connectivity index (χ4v) is 2.70. The van der Waals surface area contributed by atoms with Crippen molar-refractivity contribution < 1.29 is 4.74 Å². The number of thioether (sulfide) groups is 1. The molecule has 1 fully saturated rings. The Morgan fingerprint density at radius 1 is 1.60 bits per heavy atom. The average molecular weight is 230 g/mol. The summed E-state index contributed by atoms with van der Waals surface area (Å²) in [5, 5.41) is 4.51. The van der Waals surface area contributed by atoms with Crippen molar-refractivity contribution in [3.8, 4) is 0 Å². The van der Waals surface area contributed by atoms with Crippen molar-refractivity contribution in [3.63, 3.8) is 0 Å². The van der Waals surface area contributed by atoms with E-state index in [2.05, 4.69) is 26.1 Å². The number of rotatable bonds is 5. The fourth-order valence-electron chi connectivity index (χ4n) is 1.56. The molecule has 15 heavy (non-hydrogen) atoms. The molecule has 4 heteroatoms. The first kappa shape index (κ1) is 12.8. The largest absolute Gasteiger partial charge is 0.382 e. The highest BCUT2D eigenvalue weighted by Crippen LogP contribution is 2.23. The quantitative estimate of drug-likeness (QED) is 0.786. The van der Waals surface area contributed by atoms with Crippen molar-refractivity contribution in [2.24, 2.45) is 4.99 Å². The topological polar surface area (TPSA) is 33.6 Å². The summed E-state index contributed by atoms with van der Waals surface area (Å²) in [5.41, 5.74) is 0.188. The predicted octanol–water partition coefficient (Wildman–Crippen LogP) is 2.27. The maximum atomic E-state index is 5.17. The number of aliphatic imine (C=N–C) groups is 1. The summed E-state index contributed by atoms with van der Waals surface area (Å²) < 4.78 is 5.17. The molecule has 88 valence electrons. The maximum Gasteiger partial charge on any atom is 0.157 e. The molecule has 0 aromatic carbocycles. The van der Waals surface area contributed by atoms with Gasteiger partial charge < -0.3 is 10.1 Å². The molecule has 1 unspecified atom stereocenters. The molecule has 0 spiro atoms. The molecule has 0 radical (unpaired) electrons. The van der Waals surface area contributed by atoms with Crippen LogP contribution in [-0.2, 0) is 4.74 Å². The lowest BCUT2D eigenvalue weighted by Gasteiger charge is -2.17. The smallest absolute Gasteiger partial charge is 0.157 e. The summed E-state index contributed by atoms with van der Waals surface area (Å²) in [6.07, 6.45) is 2.25. The molecular weight excluding hydrogens is 208 g/mol. The molecule has 0 bridgehead atoms. The van der Waals surface area contributed by atoms with Crippen LogP contribution in [0.5, 0.6) is 0 Å². The van der Waals surface area contributed by atoms with Crippen molar-refractivity contribution in [2.45, 2.75) is 45.2 Å². The van der Waals surface area contributed by atoms with Crippen molar-refractivity contribution in [1.29, 1.82) is 0 Å². The predicted molar refractivity (Wildman–Crippen MR) is 67.7 cm³/mol. The van der Waals surface area contributed by atoms with Gasteiger partial charge in [0.2, 0.25) is 0 Å². The van der Waals surface area contributed by atoms with Crippen molar-refractivity contribution >= 4 is 16.9 Å². The van der Waals surface area contributed by atoms with Crippen LogP contribution in [0.2, 0.25) is 0 Å². The highest BCUT2D eigenvalue weighted by Gasteiger charge is 2.27. The number of ether oxygens (including phenoxy) is 1. The second-order valence-corrected chi connectivity index (χ2v) is 5.59. The van der Waals surface area contributed by atoms with Crippen LogP contribution in [0, 0.1) is 0 Å². The Morgan fingerprint density at radius 3 is 2.80 bits per heavy atom. The van der Waals surface area contributed by atoms with Gasteiger partial charge in [-0.3, -0.25) is 4.99 Å². The van der Waals surface area contributed by atoms with E-state index in [1.165, 1.54) is 0 Å². The number of methoxy groups -OCH3 is 1. The van der Waals surface area contributed by atoms with Crippen LogP contribution in [0.25, 0.3) is 0 Å². The molecule has 0 aromatic heterocycles. The average Bonchev–Trinajstić information content (AvgIpc) is 2.46. The normalized spacial score (nSPS) is 24.1. The SMILES string of the molecule is CCCC(COC)N=C1NC(C)(C)CS1. The van der Waals surface area contributed by atoms with Crippen LogP contribution in [0.1, 0.15) is 33.6 Å². The Kier molecular flexibility index (Phi) is 4.93. The van der Waals surface area contributed by atoms with Crippen LogP contribution in [0.3, 0.4) is 0 Å². The monoisotopic (exact) mass is 230 g/mol. The van der Waals surface area contributed by atoms with E-state index < -0.39 is 0 Å². The molecule has 1 atom stereocenters. The summed E-state index contributed by atoms with van der Waals surface area (Å²) >= 11 is 1.81. The zero-order chi connectivity index (χ0) is 11.3. The molecule has 1 saturated heterocycles. The van der Waals surface area contributed by atoms with Gasteiger partial charge in [0.1, 0.15) is 0 Å². The summed E-state index contributed by atoms with van der Waals surface area (Å²) in [6.45, 7) is 7.31. The first-order valence-electron chi connectivity index (χ1n) is 5.55. The van der Waals surface area contributed by atoms with E-state index in [1.807, 2.05) is 11.8 Å². The minimum Gasteiger partial charge on any atom is -0.382 e. The fraction of sp³-hybridized carbons (Fsp3) is 0.909. The van der Waals surface area contributed by atoms with E-state index in [0.717, 1.165) is 30.4 Å². The van der Waals surface area contributed by atoms with Crippen LogP contribution in [0.15, 0.2) is 4.99 Å². The third-order valence-electron chi connectivity index (χ3n) is 2.30. The van der Waals surface area contributed by atoms with Gasteiger partial charge in [0.25, 0.3) is 0 Å². The van der Waals surface area contributed by atoms with Crippen molar-refractivity contribution in [2.75, 3.05) is 19.5 Å². The van der Waals surface area contributed by atoms with Crippen LogP contribution in [-0.4, -0.2) is 36.2 Å². The number of amidine groups is 1. The van der Waals surface area contributed by atoms with Gasteiger partial charge in [-0.05, 0) is 20.3 Å². The summed E-state index contributed by atoms with van der Waals surface area (Å²) in [5.74, 6) is 1.09. The number of hydrogen-bond donors (Lipinski definition) is 1. The molecule has 0 aliphatic carbocycles. The lowest BCUT2D eigenvalue weighted by atomic mass is 10.1. The zero-order valence-corrected chi connectivity index (χ0v) is 11.0. The van der Waals surface area contributed by atoms with E-state index in [9.17, 15) is 0 Å². The summed E-state index contributed by atoms with van der Waals surface area (Å²) in [6, 6.07) is 0.309. The van der Waals surface area contributed by atoms with E-state index in [0.29, 0.717) is 6.04 Å². The van der Waals surface area contributed by atoms with Crippen molar-refractivity contribution in [3.05, 3.63) is 0 Å². The second kappa shape index (κ2) is 5.75. The number of nitrogens with zero attached hydrogens (tertiary/aromatic N) is 1. The van der Waals surface area contributed by atoms with Gasteiger partial charge in [-0.1, -0.05) is 25.1 Å². The van der Waals surface area contributed by atoms with E-state index >= 15 is 0 Å². The number of hydrogen-bond acceptors (Lipinski definition) is 3. The van der Waals surface area contributed by atoms with Gasteiger partial charge in [-0.15, -0.1) is 0 Å². The van der Waals surface area contributed by atoms with Gasteiger partial charge in [0.05, 0.1) is 12.6 Å². The van der Waals surface area contributed by atoms with Crippen molar-refractivity contribution in [1.82, 2.24) is 5.32 Å². The Balaban J connectivity index is 2.52. The summed E-state index contributed by atoms with van der Waals surface area (Å²) in [4.78, 5) is 4.69. The molecule has 1 aliphatic rings. The van der Waals surface area contributed by atoms with Crippen LogP contribution >= 0.6 is 11.8 Å². The highest BCUT2D eigenvalue weighted by molar-refractivity contribution is 8.14. The molecule has 0 saturated carbocycles. The molecule has 3 nitrogen and oxygen atoms in total. The summed E-state index contributed by atoms with van der Waals surface area (Å²) in [7, 11) is 1.74. The Labute approximate surface area is 97.1 Å². The van der Waals surface area contributed by atoms with Gasteiger partial charge in [-0.25, -0.2) is 0 Å². The molecule has 1 heterocycles. The van der Waals surface area contributed by atoms with Gasteiger partial charge >= 0.3 is 0 Å². The minimum absolute atomic E-state index is 0.188. The molecule has 1 rings (SSSR count). The van der Waals surface area contributed by atoms with E-state index in [-0.39, 0.29) is 5.54 Å². The molecule has 0 aromatic rings. The lowest BCUT2D eigenvalue weighted by molar-refractivity contribution is 0.177. The zero-order valence-electron chi connectivity index (χ0n) is 10.2. The third-order valence-corrected chi connectivity index (χ3v) is 3.64. The second-order valence-electron chi connectivity index (χ2n) is 4.63. The minimum atomic E-state index is 0.188. The van der Waals surface area contributed by atoms with E-state index in [4.69, 9.17) is 9.73 Å². The standard InChI is InChI=1S/C11H22N2OS/c1-5-6-9(7-14-4)12-10-13-11(2,3)8-15-10/h9H,5-8H2,1-4H3,(H,12,13). The maximum absolute atomic E-state index is 5.17. The Morgan fingerprint density at radius 2 is 2.33 bits per heavy atom. The van der Waals surface area contributed by atoms with Gasteiger partial charge in [0, 0.05) is 18.4 Å². The molecule has 1 N–H and O–H groups in total. The van der Waals surface area contributed by atoms with E-state index in [1.54, 1.807) is 7.11 Å². The van der Waals surface area contributed by atoms with Gasteiger partial charge in [-0.2, -0.15) is 0 Å². The van der Waals surface area contributed by atoms with Crippen LogP contribution in [0.4, 0.5) is 0 Å². The van der Waals surface area contributed by atoms with Crippen LogP contribution < -0.4 is 5.32 Å². The first-order chi connectivity index (χ1) is 7.07. The third kappa shape index (κ3) is 4.43. The Bertz CT molecular complexity index is 223.